The Labute approximate surface area is 147 Å². The lowest BCUT2D eigenvalue weighted by atomic mass is 10.0. The number of amides is 2. The maximum atomic E-state index is 12.7. The van der Waals surface area contributed by atoms with Crippen LogP contribution in [0.25, 0.3) is 0 Å². The highest BCUT2D eigenvalue weighted by Crippen LogP contribution is 2.38. The molecule has 1 unspecified atom stereocenters. The van der Waals surface area contributed by atoms with Crippen LogP contribution in [0.1, 0.15) is 30.0 Å². The molecular formula is C19H23N3O3. The minimum absolute atomic E-state index is 0.0149. The van der Waals surface area contributed by atoms with E-state index in [-0.39, 0.29) is 12.1 Å². The van der Waals surface area contributed by atoms with Crippen LogP contribution in [0.15, 0.2) is 42.7 Å². The first-order valence-corrected chi connectivity index (χ1v) is 8.38. The predicted molar refractivity (Wildman–Crippen MR) is 94.7 cm³/mol. The summed E-state index contributed by atoms with van der Waals surface area (Å²) in [5.74, 6) is 1.54. The summed E-state index contributed by atoms with van der Waals surface area (Å²) in [6, 6.07) is 9.43. The summed E-state index contributed by atoms with van der Waals surface area (Å²) in [4.78, 5) is 18.6. The van der Waals surface area contributed by atoms with E-state index in [0.29, 0.717) is 6.54 Å². The van der Waals surface area contributed by atoms with Crippen LogP contribution < -0.4 is 14.8 Å². The van der Waals surface area contributed by atoms with Crippen LogP contribution in [0, 0.1) is 0 Å². The van der Waals surface area contributed by atoms with E-state index in [0.717, 1.165) is 42.0 Å². The Morgan fingerprint density at radius 3 is 2.92 bits per heavy atom. The molecule has 0 spiro atoms. The molecule has 6 nitrogen and oxygen atoms in total. The lowest BCUT2D eigenvalue weighted by Gasteiger charge is -2.27. The van der Waals surface area contributed by atoms with Gasteiger partial charge < -0.3 is 19.7 Å². The number of carbonyl (C=O) groups is 1. The van der Waals surface area contributed by atoms with Gasteiger partial charge in [-0.1, -0.05) is 6.07 Å². The van der Waals surface area contributed by atoms with Crippen LogP contribution in [0.3, 0.4) is 0 Å². The number of hydrogen-bond donors (Lipinski definition) is 1. The van der Waals surface area contributed by atoms with Crippen molar-refractivity contribution in [1.82, 2.24) is 15.2 Å². The normalized spacial score (nSPS) is 16.6. The van der Waals surface area contributed by atoms with E-state index in [1.807, 2.05) is 35.2 Å². The van der Waals surface area contributed by atoms with E-state index in [1.54, 1.807) is 26.6 Å². The highest BCUT2D eigenvalue weighted by Gasteiger charge is 2.32. The highest BCUT2D eigenvalue weighted by molar-refractivity contribution is 5.75. The summed E-state index contributed by atoms with van der Waals surface area (Å²) in [6.45, 7) is 1.19. The average molecular weight is 341 g/mol. The van der Waals surface area contributed by atoms with Crippen molar-refractivity contribution in [2.24, 2.45) is 0 Å². The Kier molecular flexibility index (Phi) is 5.38. The van der Waals surface area contributed by atoms with Crippen LogP contribution in [0.4, 0.5) is 4.79 Å². The van der Waals surface area contributed by atoms with Gasteiger partial charge in [0.05, 0.1) is 20.3 Å². The predicted octanol–water partition coefficient (Wildman–Crippen LogP) is 3.15. The van der Waals surface area contributed by atoms with Crippen LogP contribution >= 0.6 is 0 Å². The number of methoxy groups -OCH3 is 2. The van der Waals surface area contributed by atoms with Crippen LogP contribution in [-0.4, -0.2) is 36.7 Å². The number of ether oxygens (including phenoxy) is 2. The average Bonchev–Trinajstić information content (AvgIpc) is 3.16. The largest absolute Gasteiger partial charge is 0.497 e. The summed E-state index contributed by atoms with van der Waals surface area (Å²) >= 11 is 0. The molecule has 2 aromatic rings. The maximum Gasteiger partial charge on any atom is 0.318 e. The highest BCUT2D eigenvalue weighted by atomic mass is 16.5. The zero-order valence-corrected chi connectivity index (χ0v) is 14.6. The molecule has 0 radical (unpaired) electrons. The van der Waals surface area contributed by atoms with E-state index in [1.165, 1.54) is 0 Å². The molecule has 0 saturated carbocycles. The maximum absolute atomic E-state index is 12.7. The summed E-state index contributed by atoms with van der Waals surface area (Å²) in [5, 5.41) is 2.98. The monoisotopic (exact) mass is 341 g/mol. The lowest BCUT2D eigenvalue weighted by Crippen LogP contribution is -2.39. The third-order valence-corrected chi connectivity index (χ3v) is 4.48. The van der Waals surface area contributed by atoms with E-state index in [9.17, 15) is 4.79 Å². The number of nitrogens with zero attached hydrogens (tertiary/aromatic N) is 2. The van der Waals surface area contributed by atoms with Gasteiger partial charge >= 0.3 is 6.03 Å². The van der Waals surface area contributed by atoms with Gasteiger partial charge in [0.15, 0.2) is 0 Å². The number of nitrogens with one attached hydrogen (secondary N) is 1. The molecule has 25 heavy (non-hydrogen) atoms. The number of aromatic nitrogens is 1. The molecule has 1 saturated heterocycles. The van der Waals surface area contributed by atoms with Gasteiger partial charge in [0.2, 0.25) is 0 Å². The first kappa shape index (κ1) is 17.1. The Balaban J connectivity index is 1.75. The third kappa shape index (κ3) is 3.84. The fraction of sp³-hybridized carbons (Fsp3) is 0.368. The molecule has 0 bridgehead atoms. The van der Waals surface area contributed by atoms with Gasteiger partial charge in [0.1, 0.15) is 11.5 Å². The molecule has 6 heteroatoms. The van der Waals surface area contributed by atoms with Gasteiger partial charge in [-0.25, -0.2) is 4.79 Å². The third-order valence-electron chi connectivity index (χ3n) is 4.48. The van der Waals surface area contributed by atoms with Crippen LogP contribution in [-0.2, 0) is 6.54 Å². The summed E-state index contributed by atoms with van der Waals surface area (Å²) in [7, 11) is 3.28. The van der Waals surface area contributed by atoms with E-state index in [4.69, 9.17) is 9.47 Å². The smallest absolute Gasteiger partial charge is 0.318 e. The second-order valence-electron chi connectivity index (χ2n) is 5.98. The van der Waals surface area contributed by atoms with Gasteiger partial charge in [-0.05, 0) is 42.7 Å². The molecule has 1 aliphatic heterocycles. The molecule has 2 heterocycles. The molecule has 1 N–H and O–H groups in total. The molecule has 1 atom stereocenters. The van der Waals surface area contributed by atoms with Gasteiger partial charge in [-0.2, -0.15) is 0 Å². The molecule has 132 valence electrons. The van der Waals surface area contributed by atoms with Gasteiger partial charge in [-0.3, -0.25) is 4.98 Å². The van der Waals surface area contributed by atoms with Crippen LogP contribution in [0.5, 0.6) is 11.5 Å². The first-order chi connectivity index (χ1) is 12.2. The van der Waals surface area contributed by atoms with Crippen molar-refractivity contribution in [3.63, 3.8) is 0 Å². The topological polar surface area (TPSA) is 63.7 Å². The fourth-order valence-electron chi connectivity index (χ4n) is 3.21. The Bertz CT molecular complexity index is 721. The van der Waals surface area contributed by atoms with Crippen molar-refractivity contribution in [1.29, 1.82) is 0 Å². The summed E-state index contributed by atoms with van der Waals surface area (Å²) < 4.78 is 10.8. The number of rotatable bonds is 5. The Morgan fingerprint density at radius 2 is 2.20 bits per heavy atom. The minimum atomic E-state index is -0.0729. The Hall–Kier alpha value is -2.76. The second kappa shape index (κ2) is 7.88. The molecule has 1 aromatic carbocycles. The Morgan fingerprint density at radius 1 is 1.32 bits per heavy atom. The van der Waals surface area contributed by atoms with E-state index >= 15 is 0 Å². The SMILES string of the molecule is COc1ccc(OC)c(C2CCCN2C(=O)NCc2cccnc2)c1. The first-order valence-electron chi connectivity index (χ1n) is 8.38. The lowest BCUT2D eigenvalue weighted by molar-refractivity contribution is 0.191. The quantitative estimate of drug-likeness (QED) is 0.907. The fourth-order valence-corrected chi connectivity index (χ4v) is 3.21. The number of urea groups is 1. The van der Waals surface area contributed by atoms with Crippen molar-refractivity contribution in [2.75, 3.05) is 20.8 Å². The van der Waals surface area contributed by atoms with Gasteiger partial charge in [-0.15, -0.1) is 0 Å². The number of benzene rings is 1. The van der Waals surface area contributed by atoms with Crippen molar-refractivity contribution in [2.45, 2.75) is 25.4 Å². The molecule has 2 amide bonds. The number of pyridine rings is 1. The minimum Gasteiger partial charge on any atom is -0.497 e. The number of carbonyl (C=O) groups excluding carboxylic acids is 1. The summed E-state index contributed by atoms with van der Waals surface area (Å²) in [5.41, 5.74) is 1.96. The van der Waals surface area contributed by atoms with Gasteiger partial charge in [0.25, 0.3) is 0 Å². The molecular weight excluding hydrogens is 318 g/mol. The second-order valence-corrected chi connectivity index (χ2v) is 5.98. The van der Waals surface area contributed by atoms with Crippen molar-refractivity contribution in [3.05, 3.63) is 53.9 Å². The van der Waals surface area contributed by atoms with E-state index in [2.05, 4.69) is 10.3 Å². The van der Waals surface area contributed by atoms with Crippen molar-refractivity contribution < 1.29 is 14.3 Å². The molecule has 1 aliphatic rings. The van der Waals surface area contributed by atoms with Crippen LogP contribution in [0.2, 0.25) is 0 Å². The van der Waals surface area contributed by atoms with Crippen molar-refractivity contribution >= 4 is 6.03 Å². The zero-order valence-electron chi connectivity index (χ0n) is 14.6. The molecule has 0 aliphatic carbocycles. The standard InChI is InChI=1S/C19H23N3O3/c1-24-15-7-8-18(25-2)16(11-15)17-6-4-10-22(17)19(23)21-13-14-5-3-9-20-12-14/h3,5,7-9,11-12,17H,4,6,10,13H2,1-2H3,(H,21,23). The molecule has 1 fully saturated rings. The number of likely N-dealkylation sites (tertiary alicyclic amines) is 1. The van der Waals surface area contributed by atoms with Gasteiger partial charge in [0, 0.05) is 31.0 Å². The molecule has 3 rings (SSSR count). The van der Waals surface area contributed by atoms with E-state index < -0.39 is 0 Å². The zero-order chi connectivity index (χ0) is 17.6. The molecule has 1 aromatic heterocycles. The summed E-state index contributed by atoms with van der Waals surface area (Å²) in [6.07, 6.45) is 5.35. The van der Waals surface area contributed by atoms with Crippen molar-refractivity contribution in [3.8, 4) is 11.5 Å². The number of hydrogen-bond acceptors (Lipinski definition) is 4.